The Labute approximate surface area is 124 Å². The standard InChI is InChI=1S/C14H14FN5O2/c15-9-3-4-11-18-13(10-5-7-17-19-10)14(20(11)8-9)16-6-1-2-12(21)22/h3-5,7-8,16H,1-2,6H2,(H,17,19)(H,21,22). The molecule has 0 unspecified atom stereocenters. The van der Waals surface area contributed by atoms with Gasteiger partial charge in [-0.3, -0.25) is 14.3 Å². The van der Waals surface area contributed by atoms with E-state index in [2.05, 4.69) is 20.5 Å². The van der Waals surface area contributed by atoms with E-state index in [9.17, 15) is 9.18 Å². The van der Waals surface area contributed by atoms with Crippen LogP contribution < -0.4 is 5.32 Å². The number of nitrogens with one attached hydrogen (secondary N) is 2. The van der Waals surface area contributed by atoms with Crippen molar-refractivity contribution in [3.63, 3.8) is 0 Å². The Bertz CT molecular complexity index is 797. The summed E-state index contributed by atoms with van der Waals surface area (Å²) in [6.07, 6.45) is 3.47. The lowest BCUT2D eigenvalue weighted by Gasteiger charge is -2.07. The maximum absolute atomic E-state index is 13.5. The highest BCUT2D eigenvalue weighted by molar-refractivity contribution is 5.74. The van der Waals surface area contributed by atoms with Gasteiger partial charge in [0, 0.05) is 25.4 Å². The zero-order valence-electron chi connectivity index (χ0n) is 11.6. The first kappa shape index (κ1) is 14.1. The highest BCUT2D eigenvalue weighted by Crippen LogP contribution is 2.27. The predicted octanol–water partition coefficient (Wildman–Crippen LogP) is 2.14. The summed E-state index contributed by atoms with van der Waals surface area (Å²) < 4.78 is 15.1. The van der Waals surface area contributed by atoms with Crippen molar-refractivity contribution in [2.75, 3.05) is 11.9 Å². The second kappa shape index (κ2) is 5.84. The molecule has 0 radical (unpaired) electrons. The minimum absolute atomic E-state index is 0.0670. The molecule has 0 spiro atoms. The highest BCUT2D eigenvalue weighted by atomic mass is 19.1. The smallest absolute Gasteiger partial charge is 0.303 e. The summed E-state index contributed by atoms with van der Waals surface area (Å²) in [6, 6.07) is 4.69. The number of aliphatic carboxylic acids is 1. The van der Waals surface area contributed by atoms with Crippen LogP contribution in [0.1, 0.15) is 12.8 Å². The number of aromatic nitrogens is 4. The van der Waals surface area contributed by atoms with E-state index in [1.807, 2.05) is 0 Å². The molecule has 3 rings (SSSR count). The Morgan fingerprint density at radius 2 is 2.27 bits per heavy atom. The summed E-state index contributed by atoms with van der Waals surface area (Å²) >= 11 is 0. The fraction of sp³-hybridized carbons (Fsp3) is 0.214. The van der Waals surface area contributed by atoms with Gasteiger partial charge >= 0.3 is 5.97 Å². The maximum Gasteiger partial charge on any atom is 0.303 e. The van der Waals surface area contributed by atoms with E-state index in [0.717, 1.165) is 0 Å². The molecule has 0 amide bonds. The molecule has 0 saturated heterocycles. The SMILES string of the molecule is O=C(O)CCCNc1c(-c2ccn[nH]2)nc2ccc(F)cn12. The molecule has 22 heavy (non-hydrogen) atoms. The number of carboxylic acids is 1. The molecule has 0 saturated carbocycles. The van der Waals surface area contributed by atoms with E-state index >= 15 is 0 Å². The molecule has 0 aromatic carbocycles. The third kappa shape index (κ3) is 2.76. The molecule has 8 heteroatoms. The molecule has 0 fully saturated rings. The van der Waals surface area contributed by atoms with Gasteiger partial charge in [-0.15, -0.1) is 0 Å². The number of pyridine rings is 1. The van der Waals surface area contributed by atoms with Crippen LogP contribution in [0.2, 0.25) is 0 Å². The van der Waals surface area contributed by atoms with Crippen LogP contribution in [0.5, 0.6) is 0 Å². The third-order valence-corrected chi connectivity index (χ3v) is 3.20. The lowest BCUT2D eigenvalue weighted by Crippen LogP contribution is -2.07. The fourth-order valence-electron chi connectivity index (χ4n) is 2.21. The van der Waals surface area contributed by atoms with Crippen molar-refractivity contribution >= 4 is 17.4 Å². The number of H-pyrrole nitrogens is 1. The van der Waals surface area contributed by atoms with Crippen LogP contribution in [0.3, 0.4) is 0 Å². The van der Waals surface area contributed by atoms with Crippen LogP contribution in [0.15, 0.2) is 30.6 Å². The van der Waals surface area contributed by atoms with Gasteiger partial charge in [0.15, 0.2) is 0 Å². The summed E-state index contributed by atoms with van der Waals surface area (Å²) in [6.45, 7) is 0.442. The van der Waals surface area contributed by atoms with Crippen LogP contribution in [0.4, 0.5) is 10.2 Å². The Kier molecular flexibility index (Phi) is 3.73. The van der Waals surface area contributed by atoms with E-state index in [4.69, 9.17) is 5.11 Å². The first-order valence-electron chi connectivity index (χ1n) is 6.78. The van der Waals surface area contributed by atoms with Gasteiger partial charge < -0.3 is 10.4 Å². The third-order valence-electron chi connectivity index (χ3n) is 3.20. The topological polar surface area (TPSA) is 95.3 Å². The van der Waals surface area contributed by atoms with E-state index in [1.54, 1.807) is 22.7 Å². The van der Waals surface area contributed by atoms with Crippen molar-refractivity contribution in [3.05, 3.63) is 36.4 Å². The van der Waals surface area contributed by atoms with Crippen molar-refractivity contribution in [2.45, 2.75) is 12.8 Å². The van der Waals surface area contributed by atoms with Crippen molar-refractivity contribution < 1.29 is 14.3 Å². The number of carbonyl (C=O) groups is 1. The normalized spacial score (nSPS) is 11.0. The molecule has 3 heterocycles. The minimum Gasteiger partial charge on any atom is -0.481 e. The molecule has 3 N–H and O–H groups in total. The number of carboxylic acid groups (broad SMARTS) is 1. The number of anilines is 1. The second-order valence-electron chi connectivity index (χ2n) is 4.78. The summed E-state index contributed by atoms with van der Waals surface area (Å²) in [5.74, 6) is -0.626. The maximum atomic E-state index is 13.5. The highest BCUT2D eigenvalue weighted by Gasteiger charge is 2.15. The lowest BCUT2D eigenvalue weighted by molar-refractivity contribution is -0.137. The van der Waals surface area contributed by atoms with Gasteiger partial charge in [0.05, 0.1) is 5.69 Å². The largest absolute Gasteiger partial charge is 0.481 e. The number of imidazole rings is 1. The Morgan fingerprint density at radius 3 is 3.00 bits per heavy atom. The van der Waals surface area contributed by atoms with Gasteiger partial charge in [0.1, 0.15) is 23.0 Å². The quantitative estimate of drug-likeness (QED) is 0.606. The van der Waals surface area contributed by atoms with Crippen molar-refractivity contribution in [1.82, 2.24) is 19.6 Å². The van der Waals surface area contributed by atoms with E-state index in [1.165, 1.54) is 12.3 Å². The van der Waals surface area contributed by atoms with Crippen molar-refractivity contribution in [1.29, 1.82) is 0 Å². The number of hydrogen-bond acceptors (Lipinski definition) is 4. The number of fused-ring (bicyclic) bond motifs is 1. The molecule has 0 atom stereocenters. The molecular formula is C14H14FN5O2. The summed E-state index contributed by atoms with van der Waals surface area (Å²) in [4.78, 5) is 15.0. The molecule has 0 bridgehead atoms. The summed E-state index contributed by atoms with van der Waals surface area (Å²) in [5.41, 5.74) is 1.90. The van der Waals surface area contributed by atoms with Gasteiger partial charge in [-0.2, -0.15) is 5.10 Å². The first-order chi connectivity index (χ1) is 10.6. The van der Waals surface area contributed by atoms with Crippen LogP contribution >= 0.6 is 0 Å². The Balaban J connectivity index is 1.95. The van der Waals surface area contributed by atoms with Gasteiger partial charge in [-0.25, -0.2) is 9.37 Å². The van der Waals surface area contributed by atoms with Crippen LogP contribution in [0, 0.1) is 5.82 Å². The lowest BCUT2D eigenvalue weighted by atomic mass is 10.3. The van der Waals surface area contributed by atoms with E-state index in [0.29, 0.717) is 35.8 Å². The second-order valence-corrected chi connectivity index (χ2v) is 4.78. The Hall–Kier alpha value is -2.90. The predicted molar refractivity (Wildman–Crippen MR) is 78.1 cm³/mol. The zero-order valence-corrected chi connectivity index (χ0v) is 11.6. The van der Waals surface area contributed by atoms with Crippen molar-refractivity contribution in [2.24, 2.45) is 0 Å². The van der Waals surface area contributed by atoms with Gasteiger partial charge in [-0.05, 0) is 24.6 Å². The molecular weight excluding hydrogens is 289 g/mol. The monoisotopic (exact) mass is 303 g/mol. The number of hydrogen-bond donors (Lipinski definition) is 3. The average molecular weight is 303 g/mol. The van der Waals surface area contributed by atoms with E-state index < -0.39 is 5.97 Å². The number of halogens is 1. The molecule has 3 aromatic heterocycles. The van der Waals surface area contributed by atoms with Gasteiger partial charge in [-0.1, -0.05) is 0 Å². The van der Waals surface area contributed by atoms with Crippen LogP contribution in [-0.4, -0.2) is 37.2 Å². The number of aromatic amines is 1. The zero-order chi connectivity index (χ0) is 15.5. The molecule has 0 aliphatic heterocycles. The summed E-state index contributed by atoms with van der Waals surface area (Å²) in [5, 5.41) is 18.5. The van der Waals surface area contributed by atoms with Gasteiger partial charge in [0.25, 0.3) is 0 Å². The molecule has 114 valence electrons. The molecule has 0 aliphatic carbocycles. The van der Waals surface area contributed by atoms with Crippen LogP contribution in [-0.2, 0) is 4.79 Å². The number of rotatable bonds is 6. The first-order valence-corrected chi connectivity index (χ1v) is 6.78. The summed E-state index contributed by atoms with van der Waals surface area (Å²) in [7, 11) is 0. The molecule has 3 aromatic rings. The average Bonchev–Trinajstić information content (AvgIpc) is 3.10. The number of nitrogens with zero attached hydrogens (tertiary/aromatic N) is 3. The minimum atomic E-state index is -0.847. The fourth-order valence-corrected chi connectivity index (χ4v) is 2.21. The van der Waals surface area contributed by atoms with Crippen LogP contribution in [0.25, 0.3) is 17.0 Å². The Morgan fingerprint density at radius 1 is 1.41 bits per heavy atom. The molecule has 7 nitrogen and oxygen atoms in total. The van der Waals surface area contributed by atoms with E-state index in [-0.39, 0.29) is 12.2 Å². The van der Waals surface area contributed by atoms with Crippen molar-refractivity contribution in [3.8, 4) is 11.4 Å². The van der Waals surface area contributed by atoms with Gasteiger partial charge in [0.2, 0.25) is 0 Å². The molecule has 0 aliphatic rings.